The molecule has 1 aliphatic carbocycles. The van der Waals surface area contributed by atoms with Crippen LogP contribution in [0.1, 0.15) is 52.9 Å². The van der Waals surface area contributed by atoms with E-state index in [4.69, 9.17) is 9.26 Å². The van der Waals surface area contributed by atoms with E-state index < -0.39 is 17.8 Å². The number of aryl methyl sites for hydroxylation is 1. The molecule has 0 bridgehead atoms. The van der Waals surface area contributed by atoms with Crippen molar-refractivity contribution >= 4 is 12.0 Å². The lowest BCUT2D eigenvalue weighted by Crippen LogP contribution is -2.41. The standard InChI is InChI=1S/C27H27FN4O4/c1-17-23(25(32-36-17)24-20(14-29)10-6-12-22(24)28)26(33)31-21-11-5-9-19(13-21)15-30-27(34)35-16-18-7-3-2-4-8-18/h2-4,6-8,10,12,19,21H,5,9,11,13,15-16H2,1H3,(H,30,34)(H,31,33). The van der Waals surface area contributed by atoms with E-state index in [0.29, 0.717) is 13.0 Å². The van der Waals surface area contributed by atoms with Crippen LogP contribution >= 0.6 is 0 Å². The minimum atomic E-state index is -0.653. The third kappa shape index (κ3) is 5.89. The number of amides is 2. The zero-order valence-electron chi connectivity index (χ0n) is 19.9. The number of alkyl carbamates (subject to hydrolysis) is 1. The van der Waals surface area contributed by atoms with Gasteiger partial charge in [0.25, 0.3) is 5.91 Å². The Kier molecular flexibility index (Phi) is 7.95. The lowest BCUT2D eigenvalue weighted by molar-refractivity contribution is 0.0916. The molecule has 8 nitrogen and oxygen atoms in total. The summed E-state index contributed by atoms with van der Waals surface area (Å²) in [4.78, 5) is 25.3. The molecule has 1 aromatic heterocycles. The molecule has 1 aliphatic rings. The minimum Gasteiger partial charge on any atom is -0.445 e. The normalized spacial score (nSPS) is 17.1. The highest BCUT2D eigenvalue weighted by molar-refractivity contribution is 6.01. The molecule has 36 heavy (non-hydrogen) atoms. The molecule has 4 rings (SSSR count). The highest BCUT2D eigenvalue weighted by atomic mass is 19.1. The summed E-state index contributed by atoms with van der Waals surface area (Å²) in [5, 5.41) is 19.1. The van der Waals surface area contributed by atoms with Gasteiger partial charge in [0.2, 0.25) is 0 Å². The van der Waals surface area contributed by atoms with Crippen molar-refractivity contribution in [2.24, 2.45) is 5.92 Å². The zero-order valence-corrected chi connectivity index (χ0v) is 19.9. The Balaban J connectivity index is 1.35. The SMILES string of the molecule is Cc1onc(-c2c(F)cccc2C#N)c1C(=O)NC1CCCC(CNC(=O)OCc2ccccc2)C1. The van der Waals surface area contributed by atoms with Gasteiger partial charge in [-0.25, -0.2) is 9.18 Å². The number of aromatic nitrogens is 1. The molecule has 0 aliphatic heterocycles. The van der Waals surface area contributed by atoms with Crippen molar-refractivity contribution in [2.75, 3.05) is 6.54 Å². The predicted molar refractivity (Wildman–Crippen MR) is 129 cm³/mol. The summed E-state index contributed by atoms with van der Waals surface area (Å²) in [6, 6.07) is 15.4. The highest BCUT2D eigenvalue weighted by Crippen LogP contribution is 2.31. The van der Waals surface area contributed by atoms with Crippen molar-refractivity contribution in [3.63, 3.8) is 0 Å². The first-order valence-corrected chi connectivity index (χ1v) is 11.9. The number of halogens is 1. The Morgan fingerprint density at radius 3 is 2.78 bits per heavy atom. The van der Waals surface area contributed by atoms with Gasteiger partial charge in [-0.15, -0.1) is 0 Å². The fourth-order valence-electron chi connectivity index (χ4n) is 4.54. The van der Waals surface area contributed by atoms with Gasteiger partial charge in [0.15, 0.2) is 0 Å². The van der Waals surface area contributed by atoms with Crippen LogP contribution in [0.3, 0.4) is 0 Å². The second-order valence-corrected chi connectivity index (χ2v) is 8.88. The number of ether oxygens (including phenoxy) is 1. The first kappa shape index (κ1) is 24.9. The molecule has 1 saturated carbocycles. The number of hydrogen-bond acceptors (Lipinski definition) is 6. The molecule has 1 heterocycles. The summed E-state index contributed by atoms with van der Waals surface area (Å²) < 4.78 is 25.1. The van der Waals surface area contributed by atoms with Crippen LogP contribution in [-0.2, 0) is 11.3 Å². The summed E-state index contributed by atoms with van der Waals surface area (Å²) in [5.41, 5.74) is 1.05. The van der Waals surface area contributed by atoms with Gasteiger partial charge < -0.3 is 19.9 Å². The van der Waals surface area contributed by atoms with E-state index >= 15 is 0 Å². The number of nitrogens with zero attached hydrogens (tertiary/aromatic N) is 2. The van der Waals surface area contributed by atoms with Gasteiger partial charge in [-0.05, 0) is 49.8 Å². The fourth-order valence-corrected chi connectivity index (χ4v) is 4.54. The summed E-state index contributed by atoms with van der Waals surface area (Å²) in [6.07, 6.45) is 2.78. The third-order valence-corrected chi connectivity index (χ3v) is 6.33. The van der Waals surface area contributed by atoms with Gasteiger partial charge in [-0.3, -0.25) is 4.79 Å². The second-order valence-electron chi connectivity index (χ2n) is 8.88. The number of benzene rings is 2. The van der Waals surface area contributed by atoms with Gasteiger partial charge in [-0.2, -0.15) is 5.26 Å². The molecule has 3 aromatic rings. The number of nitrogens with one attached hydrogen (secondary N) is 2. The fraction of sp³-hybridized carbons (Fsp3) is 0.333. The molecule has 2 unspecified atom stereocenters. The molecule has 2 atom stereocenters. The van der Waals surface area contributed by atoms with Gasteiger partial charge in [0.05, 0.1) is 17.2 Å². The smallest absolute Gasteiger partial charge is 0.407 e. The molecule has 2 amide bonds. The second kappa shape index (κ2) is 11.5. The Labute approximate surface area is 208 Å². The molecule has 0 radical (unpaired) electrons. The van der Waals surface area contributed by atoms with E-state index in [1.165, 1.54) is 18.2 Å². The van der Waals surface area contributed by atoms with E-state index in [-0.39, 0.29) is 46.7 Å². The third-order valence-electron chi connectivity index (χ3n) is 6.33. The summed E-state index contributed by atoms with van der Waals surface area (Å²) in [6.45, 7) is 2.22. The Morgan fingerprint density at radius 2 is 2.00 bits per heavy atom. The van der Waals surface area contributed by atoms with Gasteiger partial charge in [0.1, 0.15) is 29.4 Å². The predicted octanol–water partition coefficient (Wildman–Crippen LogP) is 4.88. The van der Waals surface area contributed by atoms with E-state index in [2.05, 4.69) is 15.8 Å². The van der Waals surface area contributed by atoms with Crippen LogP contribution in [0.15, 0.2) is 53.1 Å². The monoisotopic (exact) mass is 490 g/mol. The Morgan fingerprint density at radius 1 is 1.19 bits per heavy atom. The maximum absolute atomic E-state index is 14.6. The van der Waals surface area contributed by atoms with E-state index in [1.807, 2.05) is 36.4 Å². The van der Waals surface area contributed by atoms with Crippen LogP contribution in [0.2, 0.25) is 0 Å². The van der Waals surface area contributed by atoms with Crippen LogP contribution in [0, 0.1) is 30.0 Å². The van der Waals surface area contributed by atoms with Crippen molar-refractivity contribution in [1.82, 2.24) is 15.8 Å². The van der Waals surface area contributed by atoms with Crippen LogP contribution in [0.4, 0.5) is 9.18 Å². The molecule has 0 spiro atoms. The van der Waals surface area contributed by atoms with E-state index in [1.54, 1.807) is 6.92 Å². The molecule has 9 heteroatoms. The van der Waals surface area contributed by atoms with Crippen LogP contribution in [-0.4, -0.2) is 29.7 Å². The quantitative estimate of drug-likeness (QED) is 0.488. The summed E-state index contributed by atoms with van der Waals surface area (Å²) in [5.74, 6) is -0.672. The van der Waals surface area contributed by atoms with E-state index in [9.17, 15) is 19.2 Å². The van der Waals surface area contributed by atoms with Gasteiger partial charge in [-0.1, -0.05) is 48.0 Å². The van der Waals surface area contributed by atoms with E-state index in [0.717, 1.165) is 24.8 Å². The van der Waals surface area contributed by atoms with Crippen molar-refractivity contribution in [3.8, 4) is 17.3 Å². The molecular formula is C27H27FN4O4. The maximum atomic E-state index is 14.6. The molecule has 1 fully saturated rings. The maximum Gasteiger partial charge on any atom is 0.407 e. The topological polar surface area (TPSA) is 117 Å². The number of carbonyl (C=O) groups is 2. The van der Waals surface area contributed by atoms with Gasteiger partial charge >= 0.3 is 6.09 Å². The minimum absolute atomic E-state index is 0.00911. The van der Waals surface area contributed by atoms with Gasteiger partial charge in [0, 0.05) is 12.6 Å². The summed E-state index contributed by atoms with van der Waals surface area (Å²) in [7, 11) is 0. The summed E-state index contributed by atoms with van der Waals surface area (Å²) >= 11 is 0. The Hall–Kier alpha value is -4.19. The average molecular weight is 491 g/mol. The largest absolute Gasteiger partial charge is 0.445 e. The lowest BCUT2D eigenvalue weighted by atomic mass is 9.85. The number of carbonyl (C=O) groups excluding carboxylic acids is 2. The molecule has 2 N–H and O–H groups in total. The van der Waals surface area contributed by atoms with Crippen molar-refractivity contribution in [3.05, 3.63) is 76.8 Å². The first-order chi connectivity index (χ1) is 17.5. The Bertz CT molecular complexity index is 1270. The van der Waals surface area contributed by atoms with Crippen LogP contribution < -0.4 is 10.6 Å². The van der Waals surface area contributed by atoms with Crippen molar-refractivity contribution in [2.45, 2.75) is 45.3 Å². The molecule has 2 aromatic carbocycles. The lowest BCUT2D eigenvalue weighted by Gasteiger charge is -2.29. The van der Waals surface area contributed by atoms with Crippen LogP contribution in [0.25, 0.3) is 11.3 Å². The zero-order chi connectivity index (χ0) is 25.5. The van der Waals surface area contributed by atoms with Crippen molar-refractivity contribution in [1.29, 1.82) is 5.26 Å². The first-order valence-electron chi connectivity index (χ1n) is 11.9. The number of rotatable bonds is 7. The molecular weight excluding hydrogens is 463 g/mol. The van der Waals surface area contributed by atoms with Crippen LogP contribution in [0.5, 0.6) is 0 Å². The highest BCUT2D eigenvalue weighted by Gasteiger charge is 2.29. The van der Waals surface area contributed by atoms with Crippen molar-refractivity contribution < 1.29 is 23.2 Å². The molecule has 186 valence electrons. The average Bonchev–Trinajstić information content (AvgIpc) is 3.27. The number of nitriles is 1. The molecule has 0 saturated heterocycles. The number of hydrogen-bond donors (Lipinski definition) is 2.